The van der Waals surface area contributed by atoms with Crippen molar-refractivity contribution in [1.82, 2.24) is 4.31 Å². The SMILES string of the molecule is CN(C)S(=O)(=O)C1=NC=NC2=NC=NC21. The molecule has 0 saturated heterocycles. The molecule has 7 nitrogen and oxygen atoms in total. The summed E-state index contributed by atoms with van der Waals surface area (Å²) in [5.74, 6) is 0.366. The number of rotatable bonds is 1. The molecule has 0 aromatic heterocycles. The Morgan fingerprint density at radius 2 is 2.00 bits per heavy atom. The summed E-state index contributed by atoms with van der Waals surface area (Å²) in [6.45, 7) is 0. The zero-order valence-electron chi connectivity index (χ0n) is 8.19. The second-order valence-electron chi connectivity index (χ2n) is 3.15. The zero-order chi connectivity index (χ0) is 11.1. The third-order valence-corrected chi connectivity index (χ3v) is 3.82. The van der Waals surface area contributed by atoms with Crippen LogP contribution in [0.1, 0.15) is 0 Å². The molecule has 80 valence electrons. The Labute approximate surface area is 87.0 Å². The summed E-state index contributed by atoms with van der Waals surface area (Å²) in [4.78, 5) is 15.4. The van der Waals surface area contributed by atoms with Crippen LogP contribution in [-0.2, 0) is 10.0 Å². The van der Waals surface area contributed by atoms with Gasteiger partial charge in [0.1, 0.15) is 12.7 Å². The lowest BCUT2D eigenvalue weighted by Crippen LogP contribution is -2.40. The molecule has 2 aliphatic heterocycles. The van der Waals surface area contributed by atoms with Crippen LogP contribution in [0.4, 0.5) is 0 Å². The van der Waals surface area contributed by atoms with Crippen molar-refractivity contribution in [2.75, 3.05) is 14.1 Å². The van der Waals surface area contributed by atoms with Crippen molar-refractivity contribution >= 4 is 33.6 Å². The van der Waals surface area contributed by atoms with Crippen LogP contribution in [0, 0.1) is 0 Å². The molecule has 1 unspecified atom stereocenters. The largest absolute Gasteiger partial charge is 0.258 e. The van der Waals surface area contributed by atoms with Crippen molar-refractivity contribution in [3.63, 3.8) is 0 Å². The molecule has 0 N–H and O–H groups in total. The van der Waals surface area contributed by atoms with E-state index < -0.39 is 16.1 Å². The Hall–Kier alpha value is -1.41. The number of fused-ring (bicyclic) bond motifs is 1. The maximum absolute atomic E-state index is 11.8. The van der Waals surface area contributed by atoms with Crippen molar-refractivity contribution in [3.05, 3.63) is 0 Å². The van der Waals surface area contributed by atoms with Crippen LogP contribution in [0.15, 0.2) is 20.0 Å². The second-order valence-corrected chi connectivity index (χ2v) is 5.25. The second kappa shape index (κ2) is 3.31. The van der Waals surface area contributed by atoms with Gasteiger partial charge in [-0.1, -0.05) is 0 Å². The molecule has 2 rings (SSSR count). The Balaban J connectivity index is 2.47. The Morgan fingerprint density at radius 3 is 2.67 bits per heavy atom. The number of aliphatic imine (C=N–C) groups is 4. The third-order valence-electron chi connectivity index (χ3n) is 2.00. The average molecular weight is 227 g/mol. The number of hydrogen-bond donors (Lipinski definition) is 0. The molecule has 0 aromatic rings. The van der Waals surface area contributed by atoms with Crippen LogP contribution < -0.4 is 0 Å². The minimum absolute atomic E-state index is 0.0324. The minimum atomic E-state index is -3.56. The number of sulfonamides is 1. The van der Waals surface area contributed by atoms with Gasteiger partial charge in [0.25, 0.3) is 10.0 Å². The van der Waals surface area contributed by atoms with Gasteiger partial charge in [0.2, 0.25) is 0 Å². The molecule has 2 heterocycles. The zero-order valence-corrected chi connectivity index (χ0v) is 9.01. The van der Waals surface area contributed by atoms with Crippen molar-refractivity contribution in [2.24, 2.45) is 20.0 Å². The lowest BCUT2D eigenvalue weighted by Gasteiger charge is -2.17. The van der Waals surface area contributed by atoms with Crippen LogP contribution in [-0.4, -0.2) is 56.4 Å². The highest BCUT2D eigenvalue weighted by Gasteiger charge is 2.36. The van der Waals surface area contributed by atoms with Crippen LogP contribution in [0.3, 0.4) is 0 Å². The van der Waals surface area contributed by atoms with E-state index in [1.807, 2.05) is 0 Å². The van der Waals surface area contributed by atoms with E-state index in [0.29, 0.717) is 5.84 Å². The lowest BCUT2D eigenvalue weighted by atomic mass is 10.3. The van der Waals surface area contributed by atoms with E-state index in [9.17, 15) is 8.42 Å². The number of hydrogen-bond acceptors (Lipinski definition) is 6. The maximum Gasteiger partial charge on any atom is 0.258 e. The Kier molecular flexibility index (Phi) is 2.24. The van der Waals surface area contributed by atoms with Crippen LogP contribution in [0.2, 0.25) is 0 Å². The smallest absolute Gasteiger partial charge is 0.255 e. The predicted octanol–water partition coefficient (Wildman–Crippen LogP) is -0.873. The first-order chi connectivity index (χ1) is 7.03. The summed E-state index contributed by atoms with van der Waals surface area (Å²) in [6, 6.07) is -0.678. The first-order valence-electron chi connectivity index (χ1n) is 4.15. The van der Waals surface area contributed by atoms with E-state index in [1.54, 1.807) is 0 Å². The van der Waals surface area contributed by atoms with Crippen LogP contribution >= 0.6 is 0 Å². The van der Waals surface area contributed by atoms with Gasteiger partial charge in [-0.3, -0.25) is 4.99 Å². The molecule has 15 heavy (non-hydrogen) atoms. The molecule has 0 radical (unpaired) electrons. The highest BCUT2D eigenvalue weighted by molar-refractivity contribution is 8.04. The summed E-state index contributed by atoms with van der Waals surface area (Å²) in [6.07, 6.45) is 2.48. The van der Waals surface area contributed by atoms with Gasteiger partial charge in [0.15, 0.2) is 16.9 Å². The molecule has 0 amide bonds. The highest BCUT2D eigenvalue weighted by Crippen LogP contribution is 2.14. The molecule has 2 aliphatic rings. The van der Waals surface area contributed by atoms with Gasteiger partial charge in [0, 0.05) is 14.1 Å². The average Bonchev–Trinajstić information content (AvgIpc) is 2.64. The first kappa shape index (κ1) is 10.1. The van der Waals surface area contributed by atoms with Crippen molar-refractivity contribution in [3.8, 4) is 0 Å². The first-order valence-corrected chi connectivity index (χ1v) is 5.59. The van der Waals surface area contributed by atoms with Crippen molar-refractivity contribution in [2.45, 2.75) is 6.04 Å². The van der Waals surface area contributed by atoms with E-state index in [4.69, 9.17) is 0 Å². The third kappa shape index (κ3) is 1.51. The molecule has 0 saturated carbocycles. The molecule has 0 fully saturated rings. The monoisotopic (exact) mass is 227 g/mol. The topological polar surface area (TPSA) is 86.8 Å². The summed E-state index contributed by atoms with van der Waals surface area (Å²) in [5.41, 5.74) is 0. The normalized spacial score (nSPS) is 24.1. The van der Waals surface area contributed by atoms with Crippen molar-refractivity contribution < 1.29 is 8.42 Å². The van der Waals surface area contributed by atoms with Crippen LogP contribution in [0.5, 0.6) is 0 Å². The summed E-state index contributed by atoms with van der Waals surface area (Å²) >= 11 is 0. The molecule has 0 spiro atoms. The van der Waals surface area contributed by atoms with E-state index in [-0.39, 0.29) is 5.04 Å². The van der Waals surface area contributed by atoms with Gasteiger partial charge >= 0.3 is 0 Å². The lowest BCUT2D eigenvalue weighted by molar-refractivity contribution is 0.533. The molecule has 1 atom stereocenters. The maximum atomic E-state index is 11.8. The van der Waals surface area contributed by atoms with Crippen molar-refractivity contribution in [1.29, 1.82) is 0 Å². The van der Waals surface area contributed by atoms with Gasteiger partial charge in [-0.15, -0.1) is 0 Å². The fourth-order valence-corrected chi connectivity index (χ4v) is 2.19. The van der Waals surface area contributed by atoms with Gasteiger partial charge in [0.05, 0.1) is 0 Å². The predicted molar refractivity (Wildman–Crippen MR) is 58.2 cm³/mol. The summed E-state index contributed by atoms with van der Waals surface area (Å²) in [7, 11) is -0.670. The minimum Gasteiger partial charge on any atom is -0.255 e. The van der Waals surface area contributed by atoms with Gasteiger partial charge in [-0.05, 0) is 0 Å². The fraction of sp³-hybridized carbons (Fsp3) is 0.429. The number of nitrogens with zero attached hydrogens (tertiary/aromatic N) is 5. The summed E-state index contributed by atoms with van der Waals surface area (Å²) < 4.78 is 24.8. The van der Waals surface area contributed by atoms with Gasteiger partial charge < -0.3 is 0 Å². The standard InChI is InChI=1S/C7H9N5O2S/c1-12(2)15(13,14)7-5-6(9-3-8-5)10-4-11-7/h3-5H,1-2H3. The Bertz CT molecular complexity index is 499. The van der Waals surface area contributed by atoms with Crippen LogP contribution in [0.25, 0.3) is 0 Å². The molecular weight excluding hydrogens is 218 g/mol. The molecule has 8 heteroatoms. The fourth-order valence-electron chi connectivity index (χ4n) is 1.18. The van der Waals surface area contributed by atoms with E-state index >= 15 is 0 Å². The Morgan fingerprint density at radius 1 is 1.27 bits per heavy atom. The number of amidine groups is 1. The van der Waals surface area contributed by atoms with E-state index in [0.717, 1.165) is 4.31 Å². The molecule has 0 aromatic carbocycles. The molecule has 0 bridgehead atoms. The van der Waals surface area contributed by atoms with Gasteiger partial charge in [-0.2, -0.15) is 0 Å². The van der Waals surface area contributed by atoms with Gasteiger partial charge in [-0.25, -0.2) is 27.7 Å². The van der Waals surface area contributed by atoms with E-state index in [1.165, 1.54) is 26.8 Å². The quantitative estimate of drug-likeness (QED) is 0.582. The summed E-state index contributed by atoms with van der Waals surface area (Å²) in [5, 5.41) is -0.0324. The van der Waals surface area contributed by atoms with E-state index in [2.05, 4.69) is 20.0 Å². The highest BCUT2D eigenvalue weighted by atomic mass is 32.2. The molecular formula is C7H9N5O2S. The molecule has 0 aliphatic carbocycles.